The van der Waals surface area contributed by atoms with Crippen LogP contribution in [0.2, 0.25) is 5.02 Å². The molecule has 0 saturated heterocycles. The molecule has 1 rings (SSSR count). The molecule has 0 aliphatic carbocycles. The van der Waals surface area contributed by atoms with Gasteiger partial charge in [0.25, 0.3) is 0 Å². The summed E-state index contributed by atoms with van der Waals surface area (Å²) in [5.74, 6) is -1.09. The number of rotatable bonds is 4. The molecule has 0 atom stereocenters. The first kappa shape index (κ1) is 16.5. The van der Waals surface area contributed by atoms with Crippen LogP contribution in [0.5, 0.6) is 0 Å². The molecule has 0 unspecified atom stereocenters. The number of aliphatic hydroxyl groups excluding tert-OH is 1. The van der Waals surface area contributed by atoms with E-state index in [1.165, 1.54) is 0 Å². The second kappa shape index (κ2) is 7.28. The number of aliphatic hydroxyl groups is 1. The molecular weight excluding hydrogens is 372 g/mol. The van der Waals surface area contributed by atoms with E-state index in [1.807, 2.05) is 0 Å². The molecular formula is C12H10BrClO3S2. The second-order valence-electron chi connectivity index (χ2n) is 3.37. The van der Waals surface area contributed by atoms with Crippen molar-refractivity contribution in [3.05, 3.63) is 38.8 Å². The zero-order chi connectivity index (χ0) is 14.6. The highest BCUT2D eigenvalue weighted by Crippen LogP contribution is 2.29. The molecule has 0 aliphatic rings. The van der Waals surface area contributed by atoms with Gasteiger partial charge in [0.05, 0.1) is 15.8 Å². The van der Waals surface area contributed by atoms with Crippen molar-refractivity contribution >= 4 is 68.3 Å². The first-order valence-electron chi connectivity index (χ1n) is 5.17. The third kappa shape index (κ3) is 4.21. The van der Waals surface area contributed by atoms with Crippen LogP contribution < -0.4 is 0 Å². The number of esters is 1. The monoisotopic (exact) mass is 380 g/mol. The number of thiol groups is 1. The van der Waals surface area contributed by atoms with Gasteiger partial charge in [0.1, 0.15) is 11.3 Å². The van der Waals surface area contributed by atoms with Crippen LogP contribution in [-0.2, 0) is 9.53 Å². The summed E-state index contributed by atoms with van der Waals surface area (Å²) in [6.07, 6.45) is 0. The number of hydrogen-bond donors (Lipinski definition) is 2. The lowest BCUT2D eigenvalue weighted by Crippen LogP contribution is -2.14. The molecule has 3 nitrogen and oxygen atoms in total. The summed E-state index contributed by atoms with van der Waals surface area (Å²) < 4.78 is 5.52. The Balaban J connectivity index is 3.37. The van der Waals surface area contributed by atoms with Crippen LogP contribution in [0.25, 0.3) is 5.76 Å². The first-order valence-corrected chi connectivity index (χ1v) is 7.20. The SMILES string of the molecule is CCOC(=O)/C(C(=S)S)=C(/O)c1ccc(Br)cc1Cl. The maximum absolute atomic E-state index is 11.7. The van der Waals surface area contributed by atoms with Crippen LogP contribution in [0.3, 0.4) is 0 Å². The molecule has 0 aromatic heterocycles. The van der Waals surface area contributed by atoms with E-state index in [0.29, 0.717) is 0 Å². The average molecular weight is 382 g/mol. The van der Waals surface area contributed by atoms with Crippen molar-refractivity contribution < 1.29 is 14.6 Å². The lowest BCUT2D eigenvalue weighted by atomic mass is 10.1. The number of ether oxygens (including phenoxy) is 1. The third-order valence-electron chi connectivity index (χ3n) is 2.12. The van der Waals surface area contributed by atoms with Gasteiger partial charge in [-0.2, -0.15) is 0 Å². The molecule has 0 aliphatic heterocycles. The van der Waals surface area contributed by atoms with Crippen molar-refractivity contribution in [2.75, 3.05) is 6.61 Å². The molecule has 19 heavy (non-hydrogen) atoms. The van der Waals surface area contributed by atoms with Crippen molar-refractivity contribution in [2.24, 2.45) is 0 Å². The van der Waals surface area contributed by atoms with Crippen molar-refractivity contribution in [2.45, 2.75) is 6.92 Å². The molecule has 0 amide bonds. The van der Waals surface area contributed by atoms with E-state index < -0.39 is 5.97 Å². The summed E-state index contributed by atoms with van der Waals surface area (Å²) in [7, 11) is 0. The second-order valence-corrected chi connectivity index (χ2v) is 5.85. The van der Waals surface area contributed by atoms with Gasteiger partial charge in [-0.1, -0.05) is 39.7 Å². The molecule has 0 radical (unpaired) electrons. The number of carbonyl (C=O) groups is 1. The molecule has 0 bridgehead atoms. The van der Waals surface area contributed by atoms with Gasteiger partial charge in [0, 0.05) is 10.0 Å². The lowest BCUT2D eigenvalue weighted by Gasteiger charge is -2.10. The van der Waals surface area contributed by atoms with Crippen LogP contribution in [-0.4, -0.2) is 21.9 Å². The highest BCUT2D eigenvalue weighted by Gasteiger charge is 2.21. The van der Waals surface area contributed by atoms with Gasteiger partial charge in [-0.3, -0.25) is 0 Å². The van der Waals surface area contributed by atoms with Crippen molar-refractivity contribution in [1.29, 1.82) is 0 Å². The Kier molecular flexibility index (Phi) is 6.32. The Morgan fingerprint density at radius 3 is 2.68 bits per heavy atom. The molecule has 7 heteroatoms. The molecule has 0 fully saturated rings. The number of thiocarbonyl (C=S) groups is 1. The van der Waals surface area contributed by atoms with Gasteiger partial charge >= 0.3 is 5.97 Å². The smallest absolute Gasteiger partial charge is 0.343 e. The quantitative estimate of drug-likeness (QED) is 0.270. The maximum atomic E-state index is 11.7. The van der Waals surface area contributed by atoms with Crippen molar-refractivity contribution in [3.63, 3.8) is 0 Å². The molecule has 102 valence electrons. The van der Waals surface area contributed by atoms with E-state index in [9.17, 15) is 9.90 Å². The minimum absolute atomic E-state index is 0.0602. The van der Waals surface area contributed by atoms with Crippen LogP contribution in [0.15, 0.2) is 28.2 Å². The summed E-state index contributed by atoms with van der Waals surface area (Å²) in [5.41, 5.74) is 0.105. The van der Waals surface area contributed by atoms with E-state index in [4.69, 9.17) is 28.6 Å². The van der Waals surface area contributed by atoms with E-state index in [-0.39, 0.29) is 32.7 Å². The van der Waals surface area contributed by atoms with Crippen LogP contribution in [0.4, 0.5) is 0 Å². The fourth-order valence-electron chi connectivity index (χ4n) is 1.30. The Morgan fingerprint density at radius 2 is 2.21 bits per heavy atom. The Bertz CT molecular complexity index is 558. The Labute approximate surface area is 135 Å². The van der Waals surface area contributed by atoms with E-state index in [2.05, 4.69) is 28.6 Å². The fraction of sp³-hybridized carbons (Fsp3) is 0.167. The first-order chi connectivity index (χ1) is 8.88. The lowest BCUT2D eigenvalue weighted by molar-refractivity contribution is -0.137. The third-order valence-corrected chi connectivity index (χ3v) is 3.35. The minimum atomic E-state index is -0.737. The van der Waals surface area contributed by atoms with Crippen LogP contribution in [0, 0.1) is 0 Å². The van der Waals surface area contributed by atoms with Gasteiger partial charge in [0.2, 0.25) is 0 Å². The number of carbonyl (C=O) groups excluding carboxylic acids is 1. The molecule has 1 aromatic carbocycles. The Hall–Kier alpha value is -0.560. The fourth-order valence-corrected chi connectivity index (χ4v) is 2.44. The number of hydrogen-bond acceptors (Lipinski definition) is 4. The summed E-state index contributed by atoms with van der Waals surface area (Å²) in [6.45, 7) is 1.82. The van der Waals surface area contributed by atoms with Crippen LogP contribution >= 0.6 is 52.4 Å². The highest BCUT2D eigenvalue weighted by atomic mass is 79.9. The van der Waals surface area contributed by atoms with Crippen molar-refractivity contribution in [3.8, 4) is 0 Å². The van der Waals surface area contributed by atoms with Crippen LogP contribution in [0.1, 0.15) is 12.5 Å². The summed E-state index contributed by atoms with van der Waals surface area (Å²) in [4.78, 5) is 11.7. The highest BCUT2D eigenvalue weighted by molar-refractivity contribution is 9.10. The predicted octanol–water partition coefficient (Wildman–Crippen LogP) is 4.19. The van der Waals surface area contributed by atoms with E-state index >= 15 is 0 Å². The van der Waals surface area contributed by atoms with Gasteiger partial charge < -0.3 is 9.84 Å². The Morgan fingerprint density at radius 1 is 1.58 bits per heavy atom. The van der Waals surface area contributed by atoms with Crippen molar-refractivity contribution in [1.82, 2.24) is 0 Å². The van der Waals surface area contributed by atoms with E-state index in [0.717, 1.165) is 4.47 Å². The zero-order valence-electron chi connectivity index (χ0n) is 9.81. The molecule has 0 heterocycles. The standard InChI is InChI=1S/C12H10BrClO3S2/c1-2-17-11(16)9(12(18)19)10(15)7-4-3-6(13)5-8(7)14/h3-5,15H,2H2,1H3,(H,18,19)/b10-9-. The van der Waals surface area contributed by atoms with Gasteiger partial charge in [-0.25, -0.2) is 4.79 Å². The largest absolute Gasteiger partial charge is 0.506 e. The summed E-state index contributed by atoms with van der Waals surface area (Å²) in [5, 5.41) is 10.4. The topological polar surface area (TPSA) is 46.5 Å². The van der Waals surface area contributed by atoms with E-state index in [1.54, 1.807) is 25.1 Å². The molecule has 0 saturated carbocycles. The van der Waals surface area contributed by atoms with Gasteiger partial charge in [-0.15, -0.1) is 12.6 Å². The predicted molar refractivity (Wildman–Crippen MR) is 86.9 cm³/mol. The maximum Gasteiger partial charge on any atom is 0.343 e. The summed E-state index contributed by atoms with van der Waals surface area (Å²) in [6, 6.07) is 4.84. The number of halogens is 2. The minimum Gasteiger partial charge on any atom is -0.506 e. The molecule has 1 N–H and O–H groups in total. The normalized spacial score (nSPS) is 11.8. The van der Waals surface area contributed by atoms with Gasteiger partial charge in [-0.05, 0) is 25.1 Å². The number of benzene rings is 1. The molecule has 1 aromatic rings. The zero-order valence-corrected chi connectivity index (χ0v) is 13.9. The average Bonchev–Trinajstić information content (AvgIpc) is 2.28. The van der Waals surface area contributed by atoms with Gasteiger partial charge in [0.15, 0.2) is 0 Å². The molecule has 0 spiro atoms. The summed E-state index contributed by atoms with van der Waals surface area (Å²) >= 11 is 18.0.